The third-order valence-corrected chi connectivity index (χ3v) is 7.24. The maximum atomic E-state index is 13.3. The Kier molecular flexibility index (Phi) is 8.91. The number of thiophene rings is 1. The molecule has 0 fully saturated rings. The molecule has 2 aromatic rings. The number of esters is 1. The van der Waals surface area contributed by atoms with Crippen molar-refractivity contribution < 1.29 is 19.1 Å². The second-order valence-corrected chi connectivity index (χ2v) is 9.31. The molecule has 170 valence electrons. The predicted molar refractivity (Wildman–Crippen MR) is 122 cm³/mol. The molecule has 2 heterocycles. The van der Waals surface area contributed by atoms with Gasteiger partial charge in [-0.25, -0.2) is 4.98 Å². The number of methoxy groups -OCH3 is 1. The molecule has 0 atom stereocenters. The molecule has 0 spiro atoms. The van der Waals surface area contributed by atoms with E-state index in [9.17, 15) is 14.4 Å². The molecular formula is C21H29N3O5S2. The van der Waals surface area contributed by atoms with Gasteiger partial charge in [0.05, 0.1) is 30.9 Å². The molecule has 10 heteroatoms. The van der Waals surface area contributed by atoms with E-state index in [-0.39, 0.29) is 29.6 Å². The summed E-state index contributed by atoms with van der Waals surface area (Å²) in [6, 6.07) is 0. The molecule has 1 aliphatic rings. The minimum absolute atomic E-state index is 0.0428. The van der Waals surface area contributed by atoms with Crippen LogP contribution in [0.5, 0.6) is 0 Å². The molecule has 0 radical (unpaired) electrons. The average molecular weight is 468 g/mol. The van der Waals surface area contributed by atoms with Crippen LogP contribution in [-0.4, -0.2) is 54.0 Å². The van der Waals surface area contributed by atoms with Crippen molar-refractivity contribution in [3.8, 4) is 0 Å². The Morgan fingerprint density at radius 2 is 2.10 bits per heavy atom. The van der Waals surface area contributed by atoms with Gasteiger partial charge in [0, 0.05) is 25.0 Å². The van der Waals surface area contributed by atoms with Crippen LogP contribution < -0.4 is 10.9 Å². The SMILES string of the molecule is CCOC(=O)CCCNC(=O)CSc1nc2sc3c(c2c(=O)n1CCOC)CCCC3. The Morgan fingerprint density at radius 1 is 1.29 bits per heavy atom. The van der Waals surface area contributed by atoms with Crippen LogP contribution in [0, 0.1) is 0 Å². The molecule has 1 N–H and O–H groups in total. The highest BCUT2D eigenvalue weighted by atomic mass is 32.2. The van der Waals surface area contributed by atoms with E-state index in [0.717, 1.165) is 41.5 Å². The maximum absolute atomic E-state index is 13.3. The van der Waals surface area contributed by atoms with Crippen LogP contribution in [0.25, 0.3) is 10.2 Å². The van der Waals surface area contributed by atoms with Crippen molar-refractivity contribution in [3.63, 3.8) is 0 Å². The Morgan fingerprint density at radius 3 is 2.87 bits per heavy atom. The molecule has 0 unspecified atom stereocenters. The fourth-order valence-corrected chi connectivity index (χ4v) is 5.74. The number of nitrogens with zero attached hydrogens (tertiary/aromatic N) is 2. The zero-order valence-electron chi connectivity index (χ0n) is 18.0. The zero-order chi connectivity index (χ0) is 22.2. The second kappa shape index (κ2) is 11.6. The first kappa shape index (κ1) is 23.7. The lowest BCUT2D eigenvalue weighted by molar-refractivity contribution is -0.143. The summed E-state index contributed by atoms with van der Waals surface area (Å²) in [7, 11) is 1.60. The van der Waals surface area contributed by atoms with E-state index in [1.165, 1.54) is 16.6 Å². The first-order valence-electron chi connectivity index (χ1n) is 10.6. The van der Waals surface area contributed by atoms with Gasteiger partial charge in [-0.1, -0.05) is 11.8 Å². The maximum Gasteiger partial charge on any atom is 0.305 e. The fourth-order valence-electron chi connectivity index (χ4n) is 3.58. The summed E-state index contributed by atoms with van der Waals surface area (Å²) in [6.07, 6.45) is 4.98. The summed E-state index contributed by atoms with van der Waals surface area (Å²) in [6.45, 7) is 3.31. The van der Waals surface area contributed by atoms with Crippen LogP contribution in [0.1, 0.15) is 43.0 Å². The van der Waals surface area contributed by atoms with E-state index in [4.69, 9.17) is 14.5 Å². The number of carbonyl (C=O) groups is 2. The number of aryl methyl sites for hydroxylation is 2. The second-order valence-electron chi connectivity index (χ2n) is 7.28. The van der Waals surface area contributed by atoms with Crippen molar-refractivity contribution in [1.29, 1.82) is 0 Å². The lowest BCUT2D eigenvalue weighted by Crippen LogP contribution is -2.28. The van der Waals surface area contributed by atoms with Crippen LogP contribution in [-0.2, 0) is 38.4 Å². The van der Waals surface area contributed by atoms with Crippen molar-refractivity contribution in [3.05, 3.63) is 20.8 Å². The zero-order valence-corrected chi connectivity index (χ0v) is 19.7. The van der Waals surface area contributed by atoms with Gasteiger partial charge in [-0.15, -0.1) is 11.3 Å². The predicted octanol–water partition coefficient (Wildman–Crippen LogP) is 2.53. The molecule has 0 bridgehead atoms. The molecule has 0 saturated heterocycles. The van der Waals surface area contributed by atoms with E-state index in [2.05, 4.69) is 5.32 Å². The molecule has 0 aromatic carbocycles. The van der Waals surface area contributed by atoms with Crippen molar-refractivity contribution in [1.82, 2.24) is 14.9 Å². The molecule has 0 saturated carbocycles. The smallest absolute Gasteiger partial charge is 0.305 e. The quantitative estimate of drug-likeness (QED) is 0.235. The summed E-state index contributed by atoms with van der Waals surface area (Å²) < 4.78 is 11.7. The van der Waals surface area contributed by atoms with Gasteiger partial charge in [0.15, 0.2) is 5.16 Å². The monoisotopic (exact) mass is 467 g/mol. The van der Waals surface area contributed by atoms with Crippen LogP contribution in [0.2, 0.25) is 0 Å². The molecule has 0 aliphatic heterocycles. The van der Waals surface area contributed by atoms with E-state index in [1.54, 1.807) is 29.9 Å². The number of amides is 1. The summed E-state index contributed by atoms with van der Waals surface area (Å²) in [4.78, 5) is 43.6. The number of rotatable bonds is 11. The van der Waals surface area contributed by atoms with Gasteiger partial charge >= 0.3 is 5.97 Å². The van der Waals surface area contributed by atoms with Crippen LogP contribution >= 0.6 is 23.1 Å². The van der Waals surface area contributed by atoms with Crippen LogP contribution in [0.3, 0.4) is 0 Å². The Balaban J connectivity index is 1.68. The van der Waals surface area contributed by atoms with Crippen LogP contribution in [0.4, 0.5) is 0 Å². The normalized spacial score (nSPS) is 13.2. The molecule has 3 rings (SSSR count). The van der Waals surface area contributed by atoms with E-state index >= 15 is 0 Å². The van der Waals surface area contributed by atoms with E-state index < -0.39 is 0 Å². The third kappa shape index (κ3) is 6.08. The first-order valence-corrected chi connectivity index (χ1v) is 12.4. The van der Waals surface area contributed by atoms with Crippen molar-refractivity contribution in [2.75, 3.05) is 32.6 Å². The summed E-state index contributed by atoms with van der Waals surface area (Å²) >= 11 is 2.86. The van der Waals surface area contributed by atoms with Gasteiger partial charge in [0.25, 0.3) is 5.56 Å². The number of fused-ring (bicyclic) bond motifs is 3. The van der Waals surface area contributed by atoms with Gasteiger partial charge in [-0.05, 0) is 44.6 Å². The number of hydrogen-bond donors (Lipinski definition) is 1. The summed E-state index contributed by atoms with van der Waals surface area (Å²) in [5.41, 5.74) is 1.12. The van der Waals surface area contributed by atoms with E-state index in [1.807, 2.05) is 0 Å². The molecule has 8 nitrogen and oxygen atoms in total. The number of thioether (sulfide) groups is 1. The van der Waals surface area contributed by atoms with Crippen molar-refractivity contribution in [2.24, 2.45) is 0 Å². The lowest BCUT2D eigenvalue weighted by atomic mass is 9.97. The number of aromatic nitrogens is 2. The fraction of sp³-hybridized carbons (Fsp3) is 0.619. The highest BCUT2D eigenvalue weighted by Gasteiger charge is 2.22. The van der Waals surface area contributed by atoms with Gasteiger partial charge in [0.1, 0.15) is 4.83 Å². The third-order valence-electron chi connectivity index (χ3n) is 5.08. The van der Waals surface area contributed by atoms with E-state index in [0.29, 0.717) is 37.9 Å². The first-order chi connectivity index (χ1) is 15.0. The van der Waals surface area contributed by atoms with Gasteiger partial charge in [-0.2, -0.15) is 0 Å². The highest BCUT2D eigenvalue weighted by Crippen LogP contribution is 2.34. The average Bonchev–Trinajstić information content (AvgIpc) is 3.13. The minimum atomic E-state index is -0.260. The highest BCUT2D eigenvalue weighted by molar-refractivity contribution is 7.99. The standard InChI is InChI=1S/C21H29N3O5S2/c1-3-29-17(26)9-6-10-22-16(25)13-30-21-23-19-18(20(27)24(21)11-12-28-2)14-7-4-5-8-15(14)31-19/h3-13H2,1-2H3,(H,22,25). The van der Waals surface area contributed by atoms with Crippen LogP contribution in [0.15, 0.2) is 9.95 Å². The Labute approximate surface area is 189 Å². The Hall–Kier alpha value is -1.91. The number of carbonyl (C=O) groups excluding carboxylic acids is 2. The molecule has 1 amide bonds. The molecule has 31 heavy (non-hydrogen) atoms. The molecule has 1 aliphatic carbocycles. The molecular weight excluding hydrogens is 438 g/mol. The number of ether oxygens (including phenoxy) is 2. The van der Waals surface area contributed by atoms with Gasteiger partial charge in [0.2, 0.25) is 5.91 Å². The summed E-state index contributed by atoms with van der Waals surface area (Å²) in [5, 5.41) is 4.08. The number of nitrogens with one attached hydrogen (secondary N) is 1. The largest absolute Gasteiger partial charge is 0.466 e. The van der Waals surface area contributed by atoms with Gasteiger partial charge < -0.3 is 14.8 Å². The minimum Gasteiger partial charge on any atom is -0.466 e. The lowest BCUT2D eigenvalue weighted by Gasteiger charge is -2.13. The number of hydrogen-bond acceptors (Lipinski definition) is 8. The topological polar surface area (TPSA) is 99.5 Å². The van der Waals surface area contributed by atoms with Crippen molar-refractivity contribution in [2.45, 2.75) is 57.1 Å². The van der Waals surface area contributed by atoms with Gasteiger partial charge in [-0.3, -0.25) is 19.0 Å². The van der Waals surface area contributed by atoms with Crippen molar-refractivity contribution >= 4 is 45.2 Å². The molecule has 2 aromatic heterocycles. The summed E-state index contributed by atoms with van der Waals surface area (Å²) in [5.74, 6) is -0.272. The Bertz CT molecular complexity index is 986.